The van der Waals surface area contributed by atoms with Crippen molar-refractivity contribution in [1.82, 2.24) is 0 Å². The van der Waals surface area contributed by atoms with Crippen molar-refractivity contribution >= 4 is 11.5 Å². The number of rotatable bonds is 3. The lowest BCUT2D eigenvalue weighted by molar-refractivity contribution is 0.0526. The van der Waals surface area contributed by atoms with E-state index in [2.05, 4.69) is 81.2 Å². The molecule has 0 heterocycles. The predicted octanol–water partition coefficient (Wildman–Crippen LogP) is 6.68. The summed E-state index contributed by atoms with van der Waals surface area (Å²) in [6.07, 6.45) is 3.37. The summed E-state index contributed by atoms with van der Waals surface area (Å²) in [5.74, 6) is 6.22. The van der Waals surface area contributed by atoms with Gasteiger partial charge in [-0.1, -0.05) is 67.7 Å². The van der Waals surface area contributed by atoms with Gasteiger partial charge in [0.05, 0.1) is 12.2 Å². The number of esters is 1. The molecule has 0 amide bonds. The second-order valence-electron chi connectivity index (χ2n) is 8.88. The molecule has 0 aliphatic heterocycles. The number of ether oxygens (including phenoxy) is 1. The second kappa shape index (κ2) is 8.89. The fourth-order valence-corrected chi connectivity index (χ4v) is 4.07. The van der Waals surface area contributed by atoms with Gasteiger partial charge in [0.15, 0.2) is 0 Å². The molecule has 1 aliphatic rings. The molecule has 2 heteroatoms. The van der Waals surface area contributed by atoms with Crippen molar-refractivity contribution < 1.29 is 9.53 Å². The summed E-state index contributed by atoms with van der Waals surface area (Å²) in [5, 5.41) is 0. The molecule has 0 radical (unpaired) electrons. The first-order valence-corrected chi connectivity index (χ1v) is 11.1. The Morgan fingerprint density at radius 1 is 0.938 bits per heavy atom. The third-order valence-electron chi connectivity index (χ3n) is 5.97. The maximum atomic E-state index is 11.8. The highest BCUT2D eigenvalue weighted by Crippen LogP contribution is 2.41. The van der Waals surface area contributed by atoms with Crippen LogP contribution in [0.1, 0.15) is 70.9 Å². The molecule has 2 nitrogen and oxygen atoms in total. The van der Waals surface area contributed by atoms with Crippen LogP contribution in [0.25, 0.3) is 5.57 Å². The molecule has 160 valence electrons. The van der Waals surface area contributed by atoms with Crippen LogP contribution in [0, 0.1) is 18.8 Å². The lowest BCUT2D eigenvalue weighted by Gasteiger charge is -2.32. The Hall–Kier alpha value is -3.57. The molecule has 32 heavy (non-hydrogen) atoms. The fraction of sp³-hybridized carbons (Fsp3) is 0.233. The summed E-state index contributed by atoms with van der Waals surface area (Å²) in [6, 6.07) is 22.5. The minimum absolute atomic E-state index is 0.0957. The number of allylic oxidation sites excluding steroid dienone is 1. The Bertz CT molecular complexity index is 1230. The molecule has 0 unspecified atom stereocenters. The SMILES string of the molecule is CCOC(=O)c1ccc(C#Cc2ccc3c(c2)C(c2ccc(C)cc2)=CCC3(C)C)cc1. The number of carbonyl (C=O) groups excluding carboxylic acids is 1. The zero-order valence-electron chi connectivity index (χ0n) is 19.2. The third kappa shape index (κ3) is 4.53. The molecule has 0 aromatic heterocycles. The number of aryl methyl sites for hydroxylation is 1. The normalized spacial score (nSPS) is 13.9. The molecule has 0 saturated heterocycles. The van der Waals surface area contributed by atoms with Gasteiger partial charge >= 0.3 is 5.97 Å². The van der Waals surface area contributed by atoms with Crippen molar-refractivity contribution in [2.24, 2.45) is 0 Å². The minimum atomic E-state index is -0.306. The lowest BCUT2D eigenvalue weighted by Crippen LogP contribution is -2.22. The van der Waals surface area contributed by atoms with Crippen LogP contribution in [0.4, 0.5) is 0 Å². The van der Waals surface area contributed by atoms with Crippen molar-refractivity contribution in [2.75, 3.05) is 6.61 Å². The molecule has 0 saturated carbocycles. The molecule has 0 bridgehead atoms. The topological polar surface area (TPSA) is 26.3 Å². The van der Waals surface area contributed by atoms with E-state index in [4.69, 9.17) is 4.74 Å². The highest BCUT2D eigenvalue weighted by atomic mass is 16.5. The van der Waals surface area contributed by atoms with Crippen molar-refractivity contribution in [3.05, 3.63) is 112 Å². The number of carbonyl (C=O) groups is 1. The molecule has 3 aromatic carbocycles. The highest BCUT2D eigenvalue weighted by molar-refractivity contribution is 5.89. The van der Waals surface area contributed by atoms with Crippen molar-refractivity contribution in [2.45, 2.75) is 39.5 Å². The predicted molar refractivity (Wildman–Crippen MR) is 131 cm³/mol. The number of hydrogen-bond acceptors (Lipinski definition) is 2. The largest absolute Gasteiger partial charge is 0.462 e. The van der Waals surface area contributed by atoms with E-state index in [9.17, 15) is 4.79 Å². The molecule has 0 spiro atoms. The molecular weight excluding hydrogens is 392 g/mol. The zero-order valence-corrected chi connectivity index (χ0v) is 19.2. The van der Waals surface area contributed by atoms with E-state index in [-0.39, 0.29) is 11.4 Å². The minimum Gasteiger partial charge on any atom is -0.462 e. The van der Waals surface area contributed by atoms with Gasteiger partial charge in [0.25, 0.3) is 0 Å². The molecule has 4 rings (SSSR count). The number of hydrogen-bond donors (Lipinski definition) is 0. The average molecular weight is 421 g/mol. The van der Waals surface area contributed by atoms with E-state index >= 15 is 0 Å². The first kappa shape index (κ1) is 21.7. The number of benzene rings is 3. The zero-order chi connectivity index (χ0) is 22.7. The summed E-state index contributed by atoms with van der Waals surface area (Å²) in [5.41, 5.74) is 8.89. The molecule has 0 N–H and O–H groups in total. The lowest BCUT2D eigenvalue weighted by atomic mass is 9.72. The summed E-state index contributed by atoms with van der Waals surface area (Å²) >= 11 is 0. The van der Waals surface area contributed by atoms with Gasteiger partial charge in [0, 0.05) is 11.1 Å². The van der Waals surface area contributed by atoms with E-state index < -0.39 is 0 Å². The first-order valence-electron chi connectivity index (χ1n) is 11.1. The maximum Gasteiger partial charge on any atom is 0.338 e. The molecule has 0 fully saturated rings. The van der Waals surface area contributed by atoms with E-state index in [1.54, 1.807) is 19.1 Å². The summed E-state index contributed by atoms with van der Waals surface area (Å²) in [4.78, 5) is 11.8. The van der Waals surface area contributed by atoms with E-state index in [0.717, 1.165) is 17.5 Å². The van der Waals surface area contributed by atoms with E-state index in [1.165, 1.54) is 27.8 Å². The molecule has 0 atom stereocenters. The standard InChI is InChI=1S/C30H28O2/c1-5-32-29(31)25-15-10-22(11-16-25)8-9-23-12-17-28-27(20-23)26(18-19-30(28,3)4)24-13-6-21(2)7-14-24/h6-7,10-18,20H,5,19H2,1-4H3. The van der Waals surface area contributed by atoms with Crippen molar-refractivity contribution in [3.8, 4) is 11.8 Å². The van der Waals surface area contributed by atoms with Crippen LogP contribution in [0.5, 0.6) is 0 Å². The van der Waals surface area contributed by atoms with E-state index in [1.807, 2.05) is 12.1 Å². The van der Waals surface area contributed by atoms with Crippen LogP contribution in [-0.2, 0) is 10.2 Å². The van der Waals surface area contributed by atoms with E-state index in [0.29, 0.717) is 12.2 Å². The van der Waals surface area contributed by atoms with Crippen molar-refractivity contribution in [1.29, 1.82) is 0 Å². The highest BCUT2D eigenvalue weighted by Gasteiger charge is 2.28. The van der Waals surface area contributed by atoms with Gasteiger partial charge in [-0.15, -0.1) is 0 Å². The third-order valence-corrected chi connectivity index (χ3v) is 5.97. The van der Waals surface area contributed by atoms with Crippen LogP contribution in [0.2, 0.25) is 0 Å². The van der Waals surface area contributed by atoms with Crippen LogP contribution >= 0.6 is 0 Å². The smallest absolute Gasteiger partial charge is 0.338 e. The Balaban J connectivity index is 1.66. The Labute approximate surface area is 191 Å². The Kier molecular flexibility index (Phi) is 6.01. The maximum absolute atomic E-state index is 11.8. The monoisotopic (exact) mass is 420 g/mol. The quantitative estimate of drug-likeness (QED) is 0.349. The second-order valence-corrected chi connectivity index (χ2v) is 8.88. The summed E-state index contributed by atoms with van der Waals surface area (Å²) in [6.45, 7) is 8.88. The fourth-order valence-electron chi connectivity index (χ4n) is 4.07. The van der Waals surface area contributed by atoms with Gasteiger partial charge < -0.3 is 4.74 Å². The van der Waals surface area contributed by atoms with Gasteiger partial charge in [-0.25, -0.2) is 4.79 Å². The molecular formula is C30H28O2. The Morgan fingerprint density at radius 3 is 2.28 bits per heavy atom. The van der Waals surface area contributed by atoms with Crippen LogP contribution < -0.4 is 0 Å². The van der Waals surface area contributed by atoms with Gasteiger partial charge in [-0.3, -0.25) is 0 Å². The van der Waals surface area contributed by atoms with Crippen LogP contribution in [0.15, 0.2) is 72.8 Å². The summed E-state index contributed by atoms with van der Waals surface area (Å²) < 4.78 is 5.04. The van der Waals surface area contributed by atoms with Gasteiger partial charge in [-0.2, -0.15) is 0 Å². The van der Waals surface area contributed by atoms with Gasteiger partial charge in [-0.05, 0) is 84.3 Å². The van der Waals surface area contributed by atoms with Crippen molar-refractivity contribution in [3.63, 3.8) is 0 Å². The van der Waals surface area contributed by atoms with Gasteiger partial charge in [0.1, 0.15) is 0 Å². The molecule has 1 aliphatic carbocycles. The first-order chi connectivity index (χ1) is 15.4. The average Bonchev–Trinajstić information content (AvgIpc) is 2.79. The Morgan fingerprint density at radius 2 is 1.59 bits per heavy atom. The van der Waals surface area contributed by atoms with Crippen LogP contribution in [0.3, 0.4) is 0 Å². The number of fused-ring (bicyclic) bond motifs is 1. The van der Waals surface area contributed by atoms with Crippen LogP contribution in [-0.4, -0.2) is 12.6 Å². The van der Waals surface area contributed by atoms with Gasteiger partial charge in [0.2, 0.25) is 0 Å². The summed E-state index contributed by atoms with van der Waals surface area (Å²) in [7, 11) is 0. The molecule has 3 aromatic rings.